The van der Waals surface area contributed by atoms with E-state index in [0.717, 1.165) is 40.6 Å². The first-order chi connectivity index (χ1) is 14.1. The Labute approximate surface area is 167 Å². The van der Waals surface area contributed by atoms with Gasteiger partial charge in [-0.15, -0.1) is 0 Å². The standard InChI is InChI=1S/C24H19FN2O2/c25-19-2-1-3-20(13-19)27-9-8-17-10-15(4-7-23(17)27)11-22-21(24(28)29)12-18(14-26-22)16-5-6-16/h1-4,7-10,12-14,16H,5-6,11H2,(H,28,29). The zero-order chi connectivity index (χ0) is 20.0. The fraction of sp³-hybridized carbons (Fsp3) is 0.167. The number of nitrogens with zero attached hydrogens (tertiary/aromatic N) is 2. The van der Waals surface area contributed by atoms with Crippen molar-refractivity contribution in [3.63, 3.8) is 0 Å². The van der Waals surface area contributed by atoms with Gasteiger partial charge in [0.2, 0.25) is 0 Å². The smallest absolute Gasteiger partial charge is 0.337 e. The average molecular weight is 386 g/mol. The molecule has 1 aliphatic carbocycles. The summed E-state index contributed by atoms with van der Waals surface area (Å²) in [6.45, 7) is 0. The van der Waals surface area contributed by atoms with E-state index >= 15 is 0 Å². The quantitative estimate of drug-likeness (QED) is 0.504. The van der Waals surface area contributed by atoms with Crippen molar-refractivity contribution in [2.75, 3.05) is 0 Å². The molecule has 0 saturated heterocycles. The number of carbonyl (C=O) groups is 1. The summed E-state index contributed by atoms with van der Waals surface area (Å²) in [7, 11) is 0. The maximum atomic E-state index is 13.6. The normalized spacial score (nSPS) is 13.7. The molecule has 0 radical (unpaired) electrons. The Kier molecular flexibility index (Phi) is 4.16. The van der Waals surface area contributed by atoms with Crippen molar-refractivity contribution in [3.05, 3.63) is 95.2 Å². The molecule has 5 heteroatoms. The van der Waals surface area contributed by atoms with E-state index in [1.54, 1.807) is 12.1 Å². The lowest BCUT2D eigenvalue weighted by atomic mass is 10.0. The van der Waals surface area contributed by atoms with E-state index in [0.29, 0.717) is 18.0 Å². The van der Waals surface area contributed by atoms with Gasteiger partial charge in [-0.05, 0) is 72.4 Å². The summed E-state index contributed by atoms with van der Waals surface area (Å²) in [5.41, 5.74) is 4.60. The molecule has 2 aromatic heterocycles. The van der Waals surface area contributed by atoms with Gasteiger partial charge in [-0.3, -0.25) is 4.98 Å². The topological polar surface area (TPSA) is 55.1 Å². The molecule has 2 aromatic carbocycles. The fourth-order valence-corrected chi connectivity index (χ4v) is 3.82. The lowest BCUT2D eigenvalue weighted by molar-refractivity contribution is 0.0695. The Morgan fingerprint density at radius 2 is 2.00 bits per heavy atom. The Morgan fingerprint density at radius 3 is 2.76 bits per heavy atom. The lowest BCUT2D eigenvalue weighted by Gasteiger charge is -2.09. The third-order valence-electron chi connectivity index (χ3n) is 5.48. The Balaban J connectivity index is 1.48. The second-order valence-electron chi connectivity index (χ2n) is 7.58. The molecular formula is C24H19FN2O2. The molecule has 1 aliphatic rings. The third kappa shape index (κ3) is 3.40. The predicted molar refractivity (Wildman–Crippen MR) is 109 cm³/mol. The number of hydrogen-bond acceptors (Lipinski definition) is 2. The second-order valence-corrected chi connectivity index (χ2v) is 7.58. The van der Waals surface area contributed by atoms with Crippen LogP contribution in [-0.2, 0) is 6.42 Å². The van der Waals surface area contributed by atoms with E-state index in [1.165, 1.54) is 12.1 Å². The van der Waals surface area contributed by atoms with Crippen LogP contribution in [0.2, 0.25) is 0 Å². The van der Waals surface area contributed by atoms with Gasteiger partial charge < -0.3 is 9.67 Å². The number of hydrogen-bond donors (Lipinski definition) is 1. The summed E-state index contributed by atoms with van der Waals surface area (Å²) in [6.07, 6.45) is 6.40. The monoisotopic (exact) mass is 386 g/mol. The van der Waals surface area contributed by atoms with Crippen molar-refractivity contribution < 1.29 is 14.3 Å². The molecule has 1 fully saturated rings. The number of pyridine rings is 1. The van der Waals surface area contributed by atoms with Gasteiger partial charge in [0.25, 0.3) is 0 Å². The van der Waals surface area contributed by atoms with Gasteiger partial charge >= 0.3 is 5.97 Å². The number of carboxylic acid groups (broad SMARTS) is 1. The fourth-order valence-electron chi connectivity index (χ4n) is 3.82. The SMILES string of the molecule is O=C(O)c1cc(C2CC2)cnc1Cc1ccc2c(ccn2-c2cccc(F)c2)c1. The molecule has 0 atom stereocenters. The average Bonchev–Trinajstić information content (AvgIpc) is 3.47. The largest absolute Gasteiger partial charge is 0.478 e. The second kappa shape index (κ2) is 6.85. The first-order valence-electron chi connectivity index (χ1n) is 9.66. The van der Waals surface area contributed by atoms with E-state index in [-0.39, 0.29) is 11.4 Å². The molecule has 29 heavy (non-hydrogen) atoms. The molecule has 144 valence electrons. The van der Waals surface area contributed by atoms with Crippen molar-refractivity contribution in [1.82, 2.24) is 9.55 Å². The van der Waals surface area contributed by atoms with Gasteiger partial charge in [0, 0.05) is 29.9 Å². The number of halogens is 1. The summed E-state index contributed by atoms with van der Waals surface area (Å²) in [6, 6.07) is 16.2. The van der Waals surface area contributed by atoms with Gasteiger partial charge in [0.05, 0.1) is 16.8 Å². The molecule has 4 aromatic rings. The molecule has 0 unspecified atom stereocenters. The minimum Gasteiger partial charge on any atom is -0.478 e. The first kappa shape index (κ1) is 17.6. The molecule has 0 bridgehead atoms. The summed E-state index contributed by atoms with van der Waals surface area (Å²) in [5, 5.41) is 10.6. The van der Waals surface area contributed by atoms with Crippen LogP contribution in [0.5, 0.6) is 0 Å². The van der Waals surface area contributed by atoms with E-state index in [9.17, 15) is 14.3 Å². The Morgan fingerprint density at radius 1 is 1.14 bits per heavy atom. The van der Waals surface area contributed by atoms with Gasteiger partial charge in [-0.25, -0.2) is 9.18 Å². The van der Waals surface area contributed by atoms with Crippen LogP contribution in [0.25, 0.3) is 16.6 Å². The maximum Gasteiger partial charge on any atom is 0.337 e. The molecule has 4 nitrogen and oxygen atoms in total. The van der Waals surface area contributed by atoms with E-state index < -0.39 is 5.97 Å². The highest BCUT2D eigenvalue weighted by atomic mass is 19.1. The zero-order valence-corrected chi connectivity index (χ0v) is 15.7. The Hall–Kier alpha value is -3.47. The van der Waals surface area contributed by atoms with Crippen molar-refractivity contribution in [2.24, 2.45) is 0 Å². The van der Waals surface area contributed by atoms with Crippen LogP contribution in [0.1, 0.15) is 45.9 Å². The number of aromatic nitrogens is 2. The number of aromatic carboxylic acids is 1. The van der Waals surface area contributed by atoms with Gasteiger partial charge in [-0.2, -0.15) is 0 Å². The minimum absolute atomic E-state index is 0.275. The molecule has 0 spiro atoms. The van der Waals surface area contributed by atoms with Crippen LogP contribution < -0.4 is 0 Å². The molecule has 1 saturated carbocycles. The molecule has 1 N–H and O–H groups in total. The number of rotatable bonds is 5. The molecule has 0 aliphatic heterocycles. The van der Waals surface area contributed by atoms with Crippen LogP contribution in [0.4, 0.5) is 4.39 Å². The van der Waals surface area contributed by atoms with E-state index in [1.807, 2.05) is 47.3 Å². The minimum atomic E-state index is -0.937. The van der Waals surface area contributed by atoms with Crippen molar-refractivity contribution in [3.8, 4) is 5.69 Å². The molecule has 2 heterocycles. The van der Waals surface area contributed by atoms with Crippen LogP contribution in [0, 0.1) is 5.82 Å². The van der Waals surface area contributed by atoms with Crippen LogP contribution >= 0.6 is 0 Å². The third-order valence-corrected chi connectivity index (χ3v) is 5.48. The number of carboxylic acids is 1. The van der Waals surface area contributed by atoms with Crippen LogP contribution in [0.3, 0.4) is 0 Å². The predicted octanol–water partition coefficient (Wildman–Crippen LogP) is 5.33. The van der Waals surface area contributed by atoms with Crippen LogP contribution in [0.15, 0.2) is 67.0 Å². The van der Waals surface area contributed by atoms with E-state index in [4.69, 9.17) is 0 Å². The van der Waals surface area contributed by atoms with Crippen molar-refractivity contribution in [1.29, 1.82) is 0 Å². The van der Waals surface area contributed by atoms with Crippen LogP contribution in [-0.4, -0.2) is 20.6 Å². The summed E-state index contributed by atoms with van der Waals surface area (Å²) < 4.78 is 15.5. The summed E-state index contributed by atoms with van der Waals surface area (Å²) >= 11 is 0. The molecule has 5 rings (SSSR count). The number of fused-ring (bicyclic) bond motifs is 1. The zero-order valence-electron chi connectivity index (χ0n) is 15.7. The molecule has 0 amide bonds. The van der Waals surface area contributed by atoms with E-state index in [2.05, 4.69) is 4.98 Å². The van der Waals surface area contributed by atoms with Gasteiger partial charge in [-0.1, -0.05) is 12.1 Å². The first-order valence-corrected chi connectivity index (χ1v) is 9.66. The summed E-state index contributed by atoms with van der Waals surface area (Å²) in [4.78, 5) is 16.2. The maximum absolute atomic E-state index is 13.6. The highest BCUT2D eigenvalue weighted by molar-refractivity contribution is 5.89. The Bertz CT molecular complexity index is 1240. The van der Waals surface area contributed by atoms with Crippen molar-refractivity contribution in [2.45, 2.75) is 25.2 Å². The molecular weight excluding hydrogens is 367 g/mol. The summed E-state index contributed by atoms with van der Waals surface area (Å²) in [5.74, 6) is -0.746. The van der Waals surface area contributed by atoms with Gasteiger partial charge in [0.1, 0.15) is 5.82 Å². The van der Waals surface area contributed by atoms with Crippen molar-refractivity contribution >= 4 is 16.9 Å². The highest BCUT2D eigenvalue weighted by Gasteiger charge is 2.25. The number of benzene rings is 2. The highest BCUT2D eigenvalue weighted by Crippen LogP contribution is 2.40. The van der Waals surface area contributed by atoms with Gasteiger partial charge in [0.15, 0.2) is 0 Å². The lowest BCUT2D eigenvalue weighted by Crippen LogP contribution is -2.07.